The van der Waals surface area contributed by atoms with E-state index in [1.54, 1.807) is 6.92 Å². The van der Waals surface area contributed by atoms with Gasteiger partial charge in [-0.3, -0.25) is 4.79 Å². The number of aliphatic hydroxyl groups excluding tert-OH is 1. The summed E-state index contributed by atoms with van der Waals surface area (Å²) in [5.74, 6) is 0.0561. The van der Waals surface area contributed by atoms with Crippen LogP contribution in [0.1, 0.15) is 21.8 Å². The molecule has 0 unspecified atom stereocenters. The van der Waals surface area contributed by atoms with Gasteiger partial charge in [0, 0.05) is 18.7 Å². The van der Waals surface area contributed by atoms with Crippen molar-refractivity contribution in [3.63, 3.8) is 0 Å². The van der Waals surface area contributed by atoms with E-state index in [4.69, 9.17) is 9.63 Å². The summed E-state index contributed by atoms with van der Waals surface area (Å²) in [5, 5.41) is 15.2. The van der Waals surface area contributed by atoms with Gasteiger partial charge in [-0.15, -0.1) is 0 Å². The van der Waals surface area contributed by atoms with Crippen LogP contribution in [0.3, 0.4) is 0 Å². The van der Waals surface area contributed by atoms with Gasteiger partial charge in [0.25, 0.3) is 5.91 Å². The van der Waals surface area contributed by atoms with Gasteiger partial charge in [-0.25, -0.2) is 0 Å². The fourth-order valence-corrected chi connectivity index (χ4v) is 1.21. The molecular weight excluding hydrogens is 210 g/mol. The number of aliphatic hydroxyl groups is 1. The highest BCUT2D eigenvalue weighted by molar-refractivity contribution is 5.93. The molecule has 16 heavy (non-hydrogen) atoms. The zero-order chi connectivity index (χ0) is 12.1. The van der Waals surface area contributed by atoms with Crippen molar-refractivity contribution >= 4 is 5.91 Å². The molecule has 1 aromatic rings. The van der Waals surface area contributed by atoms with Crippen molar-refractivity contribution < 1.29 is 14.4 Å². The molecule has 0 bridgehead atoms. The Morgan fingerprint density at radius 1 is 1.56 bits per heavy atom. The number of rotatable bonds is 5. The summed E-state index contributed by atoms with van der Waals surface area (Å²) in [7, 11) is 3.86. The van der Waals surface area contributed by atoms with Gasteiger partial charge in [0.1, 0.15) is 6.61 Å². The van der Waals surface area contributed by atoms with Gasteiger partial charge in [-0.2, -0.15) is 0 Å². The van der Waals surface area contributed by atoms with Crippen LogP contribution in [0.4, 0.5) is 0 Å². The van der Waals surface area contributed by atoms with Crippen molar-refractivity contribution in [2.24, 2.45) is 0 Å². The van der Waals surface area contributed by atoms with Crippen molar-refractivity contribution in [3.8, 4) is 0 Å². The number of carbonyl (C=O) groups excluding carboxylic acids is 1. The van der Waals surface area contributed by atoms with Crippen molar-refractivity contribution in [1.29, 1.82) is 0 Å². The Bertz CT molecular complexity index is 360. The van der Waals surface area contributed by atoms with Crippen molar-refractivity contribution in [1.82, 2.24) is 15.4 Å². The molecule has 6 nitrogen and oxygen atoms in total. The quantitative estimate of drug-likeness (QED) is 0.726. The van der Waals surface area contributed by atoms with E-state index < -0.39 is 0 Å². The molecule has 1 heterocycles. The lowest BCUT2D eigenvalue weighted by Gasteiger charge is -2.09. The molecule has 0 aliphatic carbocycles. The van der Waals surface area contributed by atoms with E-state index >= 15 is 0 Å². The maximum atomic E-state index is 11.6. The van der Waals surface area contributed by atoms with Crippen LogP contribution in [0.25, 0.3) is 0 Å². The highest BCUT2D eigenvalue weighted by atomic mass is 16.5. The Balaban J connectivity index is 2.56. The standard InChI is InChI=1S/C10H17N3O3/c1-7-8(6-14)16-12-9(7)10(15)11-4-5-13(2)3/h14H,4-6H2,1-3H3,(H,11,15). The maximum absolute atomic E-state index is 11.6. The van der Waals surface area contributed by atoms with Crippen LogP contribution < -0.4 is 5.32 Å². The number of aromatic nitrogens is 1. The molecule has 0 saturated heterocycles. The molecule has 6 heteroatoms. The molecule has 90 valence electrons. The fraction of sp³-hybridized carbons (Fsp3) is 0.600. The first kappa shape index (κ1) is 12.7. The van der Waals surface area contributed by atoms with Crippen LogP contribution in [-0.4, -0.2) is 48.3 Å². The number of nitrogens with zero attached hydrogens (tertiary/aromatic N) is 2. The Kier molecular flexibility index (Phi) is 4.45. The minimum absolute atomic E-state index is 0.239. The molecule has 0 fully saturated rings. The number of likely N-dealkylation sites (N-methyl/N-ethyl adjacent to an activating group) is 1. The van der Waals surface area contributed by atoms with E-state index in [-0.39, 0.29) is 18.2 Å². The summed E-state index contributed by atoms with van der Waals surface area (Å²) in [6, 6.07) is 0. The van der Waals surface area contributed by atoms with Gasteiger partial charge in [0.2, 0.25) is 0 Å². The summed E-state index contributed by atoms with van der Waals surface area (Å²) >= 11 is 0. The fourth-order valence-electron chi connectivity index (χ4n) is 1.21. The number of hydrogen-bond acceptors (Lipinski definition) is 5. The number of nitrogens with one attached hydrogen (secondary N) is 1. The second kappa shape index (κ2) is 5.62. The summed E-state index contributed by atoms with van der Waals surface area (Å²) in [6.45, 7) is 2.76. The number of carbonyl (C=O) groups is 1. The summed E-state index contributed by atoms with van der Waals surface area (Å²) in [5.41, 5.74) is 0.827. The van der Waals surface area contributed by atoms with Crippen LogP contribution in [0, 0.1) is 6.92 Å². The topological polar surface area (TPSA) is 78.6 Å². The molecule has 0 atom stereocenters. The molecule has 1 aromatic heterocycles. The maximum Gasteiger partial charge on any atom is 0.273 e. The summed E-state index contributed by atoms with van der Waals surface area (Å²) in [6.07, 6.45) is 0. The van der Waals surface area contributed by atoms with Gasteiger partial charge < -0.3 is 19.8 Å². The predicted molar refractivity (Wildman–Crippen MR) is 58.1 cm³/mol. The number of amides is 1. The van der Waals surface area contributed by atoms with Gasteiger partial charge in [-0.05, 0) is 21.0 Å². The summed E-state index contributed by atoms with van der Waals surface area (Å²) in [4.78, 5) is 13.6. The highest BCUT2D eigenvalue weighted by Gasteiger charge is 2.17. The smallest absolute Gasteiger partial charge is 0.273 e. The molecular formula is C10H17N3O3. The Morgan fingerprint density at radius 2 is 2.25 bits per heavy atom. The molecule has 1 amide bonds. The first-order valence-electron chi connectivity index (χ1n) is 5.05. The lowest BCUT2D eigenvalue weighted by molar-refractivity contribution is 0.0941. The Morgan fingerprint density at radius 3 is 2.75 bits per heavy atom. The zero-order valence-electron chi connectivity index (χ0n) is 9.78. The lowest BCUT2D eigenvalue weighted by Crippen LogP contribution is -2.31. The minimum Gasteiger partial charge on any atom is -0.388 e. The molecule has 2 N–H and O–H groups in total. The minimum atomic E-state index is -0.275. The molecule has 0 saturated carbocycles. The first-order valence-corrected chi connectivity index (χ1v) is 5.05. The van der Waals surface area contributed by atoms with E-state index in [0.29, 0.717) is 17.9 Å². The molecule has 0 spiro atoms. The molecule has 0 aliphatic heterocycles. The monoisotopic (exact) mass is 227 g/mol. The molecule has 1 rings (SSSR count). The normalized spacial score (nSPS) is 10.8. The lowest BCUT2D eigenvalue weighted by atomic mass is 10.2. The van der Waals surface area contributed by atoms with E-state index in [0.717, 1.165) is 6.54 Å². The van der Waals surface area contributed by atoms with Crippen molar-refractivity contribution in [3.05, 3.63) is 17.0 Å². The Labute approximate surface area is 94.2 Å². The highest BCUT2D eigenvalue weighted by Crippen LogP contribution is 2.12. The van der Waals surface area contributed by atoms with Gasteiger partial charge in [-0.1, -0.05) is 5.16 Å². The largest absolute Gasteiger partial charge is 0.388 e. The van der Waals surface area contributed by atoms with Crippen LogP contribution in [-0.2, 0) is 6.61 Å². The number of hydrogen-bond donors (Lipinski definition) is 2. The average molecular weight is 227 g/mol. The second-order valence-electron chi connectivity index (χ2n) is 3.80. The predicted octanol–water partition coefficient (Wildman–Crippen LogP) is -0.233. The third-order valence-electron chi connectivity index (χ3n) is 2.22. The van der Waals surface area contributed by atoms with Crippen molar-refractivity contribution in [2.45, 2.75) is 13.5 Å². The Hall–Kier alpha value is -1.40. The third kappa shape index (κ3) is 3.04. The van der Waals surface area contributed by atoms with Crippen LogP contribution in [0.2, 0.25) is 0 Å². The average Bonchev–Trinajstić information content (AvgIpc) is 2.58. The summed E-state index contributed by atoms with van der Waals surface area (Å²) < 4.78 is 4.82. The van der Waals surface area contributed by atoms with E-state index in [9.17, 15) is 4.79 Å². The van der Waals surface area contributed by atoms with Gasteiger partial charge >= 0.3 is 0 Å². The second-order valence-corrected chi connectivity index (χ2v) is 3.80. The van der Waals surface area contributed by atoms with Crippen molar-refractivity contribution in [2.75, 3.05) is 27.2 Å². The van der Waals surface area contributed by atoms with E-state index in [1.165, 1.54) is 0 Å². The van der Waals surface area contributed by atoms with Crippen LogP contribution in [0.15, 0.2) is 4.52 Å². The third-order valence-corrected chi connectivity index (χ3v) is 2.22. The van der Waals surface area contributed by atoms with Gasteiger partial charge in [0.15, 0.2) is 11.5 Å². The van der Waals surface area contributed by atoms with E-state index in [2.05, 4.69) is 10.5 Å². The van der Waals surface area contributed by atoms with E-state index in [1.807, 2.05) is 19.0 Å². The SMILES string of the molecule is Cc1c(C(=O)NCCN(C)C)noc1CO. The molecule has 0 radical (unpaired) electrons. The van der Waals surface area contributed by atoms with Crippen LogP contribution in [0.5, 0.6) is 0 Å². The van der Waals surface area contributed by atoms with Gasteiger partial charge in [0.05, 0.1) is 0 Å². The molecule has 0 aromatic carbocycles. The first-order chi connectivity index (χ1) is 7.56. The zero-order valence-corrected chi connectivity index (χ0v) is 9.78. The van der Waals surface area contributed by atoms with Crippen LogP contribution >= 0.6 is 0 Å². The molecule has 0 aliphatic rings.